The lowest BCUT2D eigenvalue weighted by Gasteiger charge is -2.15. The van der Waals surface area contributed by atoms with Crippen molar-refractivity contribution in [1.82, 2.24) is 9.55 Å². The van der Waals surface area contributed by atoms with Crippen LogP contribution in [-0.2, 0) is 12.1 Å². The van der Waals surface area contributed by atoms with Crippen LogP contribution in [0.2, 0.25) is 0 Å². The number of imidazole rings is 1. The minimum Gasteiger partial charge on any atom is -0.303 e. The number of rotatable bonds is 2. The van der Waals surface area contributed by atoms with Crippen molar-refractivity contribution in [2.45, 2.75) is 19.0 Å². The Morgan fingerprint density at radius 1 is 1.33 bits per heavy atom. The summed E-state index contributed by atoms with van der Waals surface area (Å²) in [7, 11) is 0. The highest BCUT2D eigenvalue weighted by molar-refractivity contribution is 6.17. The van der Waals surface area contributed by atoms with Crippen LogP contribution in [0.5, 0.6) is 0 Å². The predicted octanol–water partition coefficient (Wildman–Crippen LogP) is 3.94. The third kappa shape index (κ3) is 2.36. The number of halogens is 4. The zero-order valence-electron chi connectivity index (χ0n) is 9.50. The van der Waals surface area contributed by atoms with E-state index in [2.05, 4.69) is 4.98 Å². The van der Waals surface area contributed by atoms with Crippen molar-refractivity contribution in [1.29, 1.82) is 0 Å². The highest BCUT2D eigenvalue weighted by Gasteiger charge is 2.34. The smallest absolute Gasteiger partial charge is 0.303 e. The van der Waals surface area contributed by atoms with Gasteiger partial charge in [0.1, 0.15) is 5.82 Å². The molecular weight excluding hydrogens is 265 g/mol. The third-order valence-electron chi connectivity index (χ3n) is 2.61. The molecule has 0 unspecified atom stereocenters. The second kappa shape index (κ2) is 4.65. The van der Waals surface area contributed by atoms with E-state index in [1.165, 1.54) is 23.0 Å². The summed E-state index contributed by atoms with van der Waals surface area (Å²) >= 11 is 5.57. The molecule has 18 heavy (non-hydrogen) atoms. The van der Waals surface area contributed by atoms with E-state index in [-0.39, 0.29) is 11.6 Å². The molecule has 0 aliphatic carbocycles. The van der Waals surface area contributed by atoms with Crippen molar-refractivity contribution < 1.29 is 13.2 Å². The van der Waals surface area contributed by atoms with Gasteiger partial charge in [-0.15, -0.1) is 11.6 Å². The zero-order chi connectivity index (χ0) is 13.3. The van der Waals surface area contributed by atoms with E-state index in [0.717, 1.165) is 6.07 Å². The molecule has 1 aromatic carbocycles. The molecule has 96 valence electrons. The Morgan fingerprint density at radius 3 is 2.56 bits per heavy atom. The molecule has 0 N–H and O–H groups in total. The van der Waals surface area contributed by atoms with Crippen molar-refractivity contribution in [3.63, 3.8) is 0 Å². The summed E-state index contributed by atoms with van der Waals surface area (Å²) in [5.74, 6) is 0.547. The van der Waals surface area contributed by atoms with Gasteiger partial charge in [0, 0.05) is 18.3 Å². The van der Waals surface area contributed by atoms with E-state index < -0.39 is 11.7 Å². The van der Waals surface area contributed by atoms with Crippen molar-refractivity contribution in [2.24, 2.45) is 0 Å². The molecule has 0 radical (unpaired) electrons. The Kier molecular flexibility index (Phi) is 3.34. The summed E-state index contributed by atoms with van der Waals surface area (Å²) < 4.78 is 40.4. The van der Waals surface area contributed by atoms with Gasteiger partial charge in [-0.05, 0) is 24.6 Å². The van der Waals surface area contributed by atoms with Crippen LogP contribution in [0.4, 0.5) is 13.2 Å². The summed E-state index contributed by atoms with van der Waals surface area (Å²) in [5, 5.41) is 0. The summed E-state index contributed by atoms with van der Waals surface area (Å²) in [6.07, 6.45) is -1.46. The molecular formula is C12H10ClF3N2. The summed E-state index contributed by atoms with van der Waals surface area (Å²) in [6.45, 7) is 1.65. The molecule has 0 spiro atoms. The lowest BCUT2D eigenvalue weighted by atomic mass is 10.1. The molecule has 0 atom stereocenters. The van der Waals surface area contributed by atoms with Gasteiger partial charge in [-0.2, -0.15) is 13.2 Å². The number of benzene rings is 1. The highest BCUT2D eigenvalue weighted by atomic mass is 35.5. The number of aromatic nitrogens is 2. The van der Waals surface area contributed by atoms with Crippen molar-refractivity contribution >= 4 is 11.6 Å². The highest BCUT2D eigenvalue weighted by Crippen LogP contribution is 2.35. The van der Waals surface area contributed by atoms with Gasteiger partial charge in [0.25, 0.3) is 0 Å². The first-order valence-electron chi connectivity index (χ1n) is 5.20. The summed E-state index contributed by atoms with van der Waals surface area (Å²) in [6, 6.07) is 4.06. The topological polar surface area (TPSA) is 17.8 Å². The SMILES string of the molecule is Cc1nccn1-c1ccc(CCl)cc1C(F)(F)F. The maximum Gasteiger partial charge on any atom is 0.418 e. The molecule has 0 amide bonds. The minimum atomic E-state index is -4.42. The Hall–Kier alpha value is -1.49. The Morgan fingerprint density at radius 2 is 2.06 bits per heavy atom. The lowest BCUT2D eigenvalue weighted by Crippen LogP contribution is -2.11. The first kappa shape index (κ1) is 13.0. The van der Waals surface area contributed by atoms with Crippen molar-refractivity contribution in [2.75, 3.05) is 0 Å². The van der Waals surface area contributed by atoms with E-state index >= 15 is 0 Å². The first-order valence-corrected chi connectivity index (χ1v) is 5.73. The maximum atomic E-state index is 13.0. The Bertz CT molecular complexity index is 561. The van der Waals surface area contributed by atoms with E-state index in [0.29, 0.717) is 11.4 Å². The van der Waals surface area contributed by atoms with E-state index in [4.69, 9.17) is 11.6 Å². The Balaban J connectivity index is 2.64. The monoisotopic (exact) mass is 274 g/mol. The first-order chi connectivity index (χ1) is 8.43. The van der Waals surface area contributed by atoms with Crippen LogP contribution in [0.1, 0.15) is 17.0 Å². The molecule has 0 bridgehead atoms. The van der Waals surface area contributed by atoms with Crippen molar-refractivity contribution in [3.05, 3.63) is 47.5 Å². The second-order valence-electron chi connectivity index (χ2n) is 3.83. The molecule has 0 saturated heterocycles. The fraction of sp³-hybridized carbons (Fsp3) is 0.250. The zero-order valence-corrected chi connectivity index (χ0v) is 10.3. The number of alkyl halides is 4. The molecule has 1 aromatic heterocycles. The van der Waals surface area contributed by atoms with Gasteiger partial charge < -0.3 is 4.57 Å². The number of hydrogen-bond donors (Lipinski definition) is 0. The summed E-state index contributed by atoms with van der Waals surface area (Å²) in [4.78, 5) is 3.93. The minimum absolute atomic E-state index is 0.0479. The average molecular weight is 275 g/mol. The normalized spacial score (nSPS) is 11.8. The van der Waals surface area contributed by atoms with Crippen LogP contribution in [0.3, 0.4) is 0 Å². The fourth-order valence-corrected chi connectivity index (χ4v) is 1.90. The maximum absolute atomic E-state index is 13.0. The predicted molar refractivity (Wildman–Crippen MR) is 62.9 cm³/mol. The van der Waals surface area contributed by atoms with E-state index in [9.17, 15) is 13.2 Å². The van der Waals surface area contributed by atoms with Gasteiger partial charge in [0.15, 0.2) is 0 Å². The number of hydrogen-bond acceptors (Lipinski definition) is 1. The molecule has 0 fully saturated rings. The van der Waals surface area contributed by atoms with Crippen LogP contribution in [0.25, 0.3) is 5.69 Å². The van der Waals surface area contributed by atoms with Crippen LogP contribution in [0, 0.1) is 6.92 Å². The van der Waals surface area contributed by atoms with Crippen molar-refractivity contribution in [3.8, 4) is 5.69 Å². The molecule has 1 heterocycles. The largest absolute Gasteiger partial charge is 0.418 e. The molecule has 2 rings (SSSR count). The third-order valence-corrected chi connectivity index (χ3v) is 2.91. The number of aryl methyl sites for hydroxylation is 1. The van der Waals surface area contributed by atoms with Crippen LogP contribution in [0.15, 0.2) is 30.6 Å². The van der Waals surface area contributed by atoms with Crippen LogP contribution < -0.4 is 0 Å². The molecule has 0 saturated carbocycles. The standard InChI is InChI=1S/C12H10ClF3N2/c1-8-17-4-5-18(8)11-3-2-9(7-13)6-10(11)12(14,15)16/h2-6H,7H2,1H3. The van der Waals surface area contributed by atoms with Crippen LogP contribution in [-0.4, -0.2) is 9.55 Å². The quantitative estimate of drug-likeness (QED) is 0.759. The second-order valence-corrected chi connectivity index (χ2v) is 4.09. The lowest BCUT2D eigenvalue weighted by molar-refractivity contribution is -0.137. The van der Waals surface area contributed by atoms with Gasteiger partial charge >= 0.3 is 6.18 Å². The molecule has 2 aromatic rings. The van der Waals surface area contributed by atoms with Gasteiger partial charge in [0.05, 0.1) is 11.3 Å². The average Bonchev–Trinajstić information content (AvgIpc) is 2.73. The van der Waals surface area contributed by atoms with Gasteiger partial charge in [0.2, 0.25) is 0 Å². The summed E-state index contributed by atoms with van der Waals surface area (Å²) in [5.41, 5.74) is -0.210. The number of nitrogens with zero attached hydrogens (tertiary/aromatic N) is 2. The van der Waals surface area contributed by atoms with E-state index in [1.54, 1.807) is 13.0 Å². The van der Waals surface area contributed by atoms with Crippen LogP contribution >= 0.6 is 11.6 Å². The molecule has 0 aliphatic heterocycles. The molecule has 0 aliphatic rings. The Labute approximate surface area is 107 Å². The van der Waals surface area contributed by atoms with Gasteiger partial charge in [-0.25, -0.2) is 4.98 Å². The molecule has 2 nitrogen and oxygen atoms in total. The molecule has 6 heteroatoms. The fourth-order valence-electron chi connectivity index (χ4n) is 1.74. The van der Waals surface area contributed by atoms with Gasteiger partial charge in [-0.3, -0.25) is 0 Å². The van der Waals surface area contributed by atoms with Gasteiger partial charge in [-0.1, -0.05) is 6.07 Å². The van der Waals surface area contributed by atoms with E-state index in [1.807, 2.05) is 0 Å².